The number of carboxylic acid groups (broad SMARTS) is 1. The zero-order valence-electron chi connectivity index (χ0n) is 11.0. The van der Waals surface area contributed by atoms with E-state index in [1.165, 1.54) is 25.7 Å². The van der Waals surface area contributed by atoms with E-state index in [1.54, 1.807) is 0 Å². The smallest absolute Gasteiger partial charge is 0.331 e. The minimum Gasteiger partial charge on any atom is -0.478 e. The van der Waals surface area contributed by atoms with Crippen molar-refractivity contribution in [1.82, 2.24) is 0 Å². The van der Waals surface area contributed by atoms with Crippen LogP contribution in [0.1, 0.15) is 52.4 Å². The van der Waals surface area contributed by atoms with Crippen LogP contribution in [0, 0.1) is 23.2 Å². The average Bonchev–Trinajstić information content (AvgIpc) is 2.27. The van der Waals surface area contributed by atoms with Crippen LogP contribution in [0.15, 0.2) is 12.2 Å². The Labute approximate surface area is 104 Å². The minimum absolute atomic E-state index is 0.214. The van der Waals surface area contributed by atoms with E-state index in [9.17, 15) is 4.79 Å². The number of rotatable bonds is 2. The predicted octanol–water partition coefficient (Wildman–Crippen LogP) is 3.87. The van der Waals surface area contributed by atoms with Crippen molar-refractivity contribution in [1.29, 1.82) is 0 Å². The topological polar surface area (TPSA) is 37.3 Å². The van der Waals surface area contributed by atoms with Gasteiger partial charge in [-0.1, -0.05) is 33.3 Å². The van der Waals surface area contributed by atoms with Crippen LogP contribution in [0.5, 0.6) is 0 Å². The van der Waals surface area contributed by atoms with E-state index in [4.69, 9.17) is 5.11 Å². The molecule has 96 valence electrons. The summed E-state index contributed by atoms with van der Waals surface area (Å²) < 4.78 is 0. The van der Waals surface area contributed by atoms with Crippen LogP contribution in [0.3, 0.4) is 0 Å². The van der Waals surface area contributed by atoms with Gasteiger partial charge >= 0.3 is 5.97 Å². The van der Waals surface area contributed by atoms with Gasteiger partial charge in [0.15, 0.2) is 0 Å². The molecule has 0 spiro atoms. The maximum Gasteiger partial charge on any atom is 0.331 e. The molecule has 0 radical (unpaired) electrons. The molecule has 2 saturated carbocycles. The van der Waals surface area contributed by atoms with Crippen LogP contribution in [0.2, 0.25) is 0 Å². The first-order valence-corrected chi connectivity index (χ1v) is 6.86. The molecule has 2 aliphatic carbocycles. The third-order valence-electron chi connectivity index (χ3n) is 5.36. The SMILES string of the molecule is C=C(C(=O)O)[C@@H]1CC[C@]2(C)CCC[C@H](C)[C@@H]2C1. The molecule has 0 saturated heterocycles. The molecule has 2 fully saturated rings. The second-order valence-electron chi connectivity index (χ2n) is 6.43. The highest BCUT2D eigenvalue weighted by Gasteiger charge is 2.45. The van der Waals surface area contributed by atoms with Gasteiger partial charge in [0.05, 0.1) is 0 Å². The molecule has 0 amide bonds. The summed E-state index contributed by atoms with van der Waals surface area (Å²) >= 11 is 0. The first-order valence-electron chi connectivity index (χ1n) is 6.86. The first-order chi connectivity index (χ1) is 7.94. The van der Waals surface area contributed by atoms with E-state index in [0.29, 0.717) is 16.9 Å². The van der Waals surface area contributed by atoms with Gasteiger partial charge in [-0.2, -0.15) is 0 Å². The van der Waals surface area contributed by atoms with Gasteiger partial charge in [-0.3, -0.25) is 0 Å². The lowest BCUT2D eigenvalue weighted by atomic mass is 9.54. The highest BCUT2D eigenvalue weighted by Crippen LogP contribution is 2.54. The van der Waals surface area contributed by atoms with Gasteiger partial charge in [0.2, 0.25) is 0 Å². The summed E-state index contributed by atoms with van der Waals surface area (Å²) in [6, 6.07) is 0. The van der Waals surface area contributed by atoms with Gasteiger partial charge in [0.1, 0.15) is 0 Å². The fourth-order valence-corrected chi connectivity index (χ4v) is 4.15. The Morgan fingerprint density at radius 2 is 2.06 bits per heavy atom. The molecule has 2 nitrogen and oxygen atoms in total. The zero-order chi connectivity index (χ0) is 12.6. The molecule has 2 heteroatoms. The average molecular weight is 236 g/mol. The lowest BCUT2D eigenvalue weighted by molar-refractivity contribution is -0.133. The minimum atomic E-state index is -0.804. The number of carbonyl (C=O) groups is 1. The molecule has 1 N–H and O–H groups in total. The molecule has 2 rings (SSSR count). The Morgan fingerprint density at radius 1 is 1.35 bits per heavy atom. The van der Waals surface area contributed by atoms with E-state index in [1.807, 2.05) is 0 Å². The summed E-state index contributed by atoms with van der Waals surface area (Å²) in [5.74, 6) is 0.859. The van der Waals surface area contributed by atoms with Crippen molar-refractivity contribution in [2.45, 2.75) is 52.4 Å². The van der Waals surface area contributed by atoms with Crippen LogP contribution in [-0.2, 0) is 4.79 Å². The van der Waals surface area contributed by atoms with Gasteiger partial charge in [-0.25, -0.2) is 4.79 Å². The molecule has 0 bridgehead atoms. The molecule has 4 atom stereocenters. The summed E-state index contributed by atoms with van der Waals surface area (Å²) in [7, 11) is 0. The molecule has 0 heterocycles. The maximum atomic E-state index is 11.0. The lowest BCUT2D eigenvalue weighted by Crippen LogP contribution is -2.41. The molecule has 2 aliphatic rings. The molecule has 0 aromatic heterocycles. The second-order valence-corrected chi connectivity index (χ2v) is 6.43. The van der Waals surface area contributed by atoms with Gasteiger partial charge in [-0.05, 0) is 48.9 Å². The van der Waals surface area contributed by atoms with Gasteiger partial charge in [0, 0.05) is 5.57 Å². The predicted molar refractivity (Wildman–Crippen MR) is 68.7 cm³/mol. The normalized spacial score (nSPS) is 41.6. The Hall–Kier alpha value is -0.790. The van der Waals surface area contributed by atoms with Crippen molar-refractivity contribution in [2.24, 2.45) is 23.2 Å². The third-order valence-corrected chi connectivity index (χ3v) is 5.36. The second kappa shape index (κ2) is 4.47. The summed E-state index contributed by atoms with van der Waals surface area (Å²) in [5, 5.41) is 9.06. The van der Waals surface area contributed by atoms with E-state index < -0.39 is 5.97 Å². The number of fused-ring (bicyclic) bond motifs is 1. The van der Waals surface area contributed by atoms with Crippen LogP contribution in [-0.4, -0.2) is 11.1 Å². The molecular formula is C15H24O2. The summed E-state index contributed by atoms with van der Waals surface area (Å²) in [6.07, 6.45) is 7.23. The Morgan fingerprint density at radius 3 is 2.71 bits per heavy atom. The van der Waals surface area contributed by atoms with Crippen molar-refractivity contribution in [3.63, 3.8) is 0 Å². The summed E-state index contributed by atoms with van der Waals surface area (Å²) in [6.45, 7) is 8.51. The van der Waals surface area contributed by atoms with Gasteiger partial charge < -0.3 is 5.11 Å². The Kier molecular flexibility index (Phi) is 3.33. The molecule has 17 heavy (non-hydrogen) atoms. The van der Waals surface area contributed by atoms with E-state index in [-0.39, 0.29) is 5.92 Å². The number of hydrogen-bond acceptors (Lipinski definition) is 1. The zero-order valence-corrected chi connectivity index (χ0v) is 11.0. The quantitative estimate of drug-likeness (QED) is 0.739. The number of hydrogen-bond donors (Lipinski definition) is 1. The van der Waals surface area contributed by atoms with Crippen molar-refractivity contribution in [2.75, 3.05) is 0 Å². The van der Waals surface area contributed by atoms with Crippen molar-refractivity contribution < 1.29 is 9.90 Å². The fraction of sp³-hybridized carbons (Fsp3) is 0.800. The van der Waals surface area contributed by atoms with Crippen LogP contribution in [0.4, 0.5) is 0 Å². The van der Waals surface area contributed by atoms with Crippen molar-refractivity contribution in [3.05, 3.63) is 12.2 Å². The van der Waals surface area contributed by atoms with Crippen molar-refractivity contribution >= 4 is 5.97 Å². The summed E-state index contributed by atoms with van der Waals surface area (Å²) in [5.41, 5.74) is 0.900. The highest BCUT2D eigenvalue weighted by molar-refractivity contribution is 5.86. The molecule has 0 aromatic carbocycles. The number of aliphatic carboxylic acids is 1. The van der Waals surface area contributed by atoms with Crippen LogP contribution in [0.25, 0.3) is 0 Å². The largest absolute Gasteiger partial charge is 0.478 e. The van der Waals surface area contributed by atoms with Crippen LogP contribution >= 0.6 is 0 Å². The first kappa shape index (κ1) is 12.7. The molecule has 0 aromatic rings. The van der Waals surface area contributed by atoms with Crippen molar-refractivity contribution in [3.8, 4) is 0 Å². The highest BCUT2D eigenvalue weighted by atomic mass is 16.4. The molecule has 0 unspecified atom stereocenters. The standard InChI is InChI=1S/C15H24O2/c1-10-5-4-7-15(3)8-6-12(9-13(10)15)11(2)14(16)17/h10,12-13H,2,4-9H2,1,3H3,(H,16,17)/t10-,12+,13-,15-/m0/s1. The summed E-state index contributed by atoms with van der Waals surface area (Å²) in [4.78, 5) is 11.0. The maximum absolute atomic E-state index is 11.0. The van der Waals surface area contributed by atoms with Gasteiger partial charge in [-0.15, -0.1) is 0 Å². The van der Waals surface area contributed by atoms with E-state index >= 15 is 0 Å². The number of carboxylic acids is 1. The molecule has 0 aliphatic heterocycles. The molecular weight excluding hydrogens is 212 g/mol. The van der Waals surface area contributed by atoms with E-state index in [2.05, 4.69) is 20.4 Å². The fourth-order valence-electron chi connectivity index (χ4n) is 4.15. The lowest BCUT2D eigenvalue weighted by Gasteiger charge is -2.50. The Balaban J connectivity index is 2.11. The third kappa shape index (κ3) is 2.27. The Bertz CT molecular complexity index is 334. The van der Waals surface area contributed by atoms with Gasteiger partial charge in [0.25, 0.3) is 0 Å². The monoisotopic (exact) mass is 236 g/mol. The van der Waals surface area contributed by atoms with Crippen LogP contribution < -0.4 is 0 Å². The van der Waals surface area contributed by atoms with E-state index in [0.717, 1.165) is 18.8 Å².